The van der Waals surface area contributed by atoms with E-state index in [2.05, 4.69) is 10.6 Å². The Kier molecular flexibility index (Phi) is 5.14. The largest absolute Gasteiger partial charge is 0.378 e. The van der Waals surface area contributed by atoms with Gasteiger partial charge in [-0.3, -0.25) is 14.9 Å². The number of non-ortho nitro benzene ring substituents is 1. The molecule has 0 aliphatic carbocycles. The van der Waals surface area contributed by atoms with Gasteiger partial charge < -0.3 is 15.5 Å². The summed E-state index contributed by atoms with van der Waals surface area (Å²) in [5.41, 5.74) is 2.24. The van der Waals surface area contributed by atoms with Gasteiger partial charge in [0, 0.05) is 43.3 Å². The summed E-state index contributed by atoms with van der Waals surface area (Å²) in [6.07, 6.45) is 0. The molecule has 2 aromatic carbocycles. The molecule has 23 heavy (non-hydrogen) atoms. The minimum absolute atomic E-state index is 0.0188. The van der Waals surface area contributed by atoms with Crippen LogP contribution in [0.5, 0.6) is 0 Å². The van der Waals surface area contributed by atoms with Crippen LogP contribution < -0.4 is 15.5 Å². The van der Waals surface area contributed by atoms with Gasteiger partial charge in [0.05, 0.1) is 11.5 Å². The fourth-order valence-corrected chi connectivity index (χ4v) is 1.96. The van der Waals surface area contributed by atoms with Crippen molar-refractivity contribution in [3.63, 3.8) is 0 Å². The highest BCUT2D eigenvalue weighted by Crippen LogP contribution is 2.17. The minimum Gasteiger partial charge on any atom is -0.378 e. The van der Waals surface area contributed by atoms with Gasteiger partial charge in [-0.25, -0.2) is 0 Å². The van der Waals surface area contributed by atoms with Gasteiger partial charge in [0.1, 0.15) is 0 Å². The number of nitrogens with one attached hydrogen (secondary N) is 2. The Morgan fingerprint density at radius 1 is 1.13 bits per heavy atom. The van der Waals surface area contributed by atoms with Gasteiger partial charge in [-0.05, 0) is 30.3 Å². The molecule has 0 bridgehead atoms. The van der Waals surface area contributed by atoms with E-state index in [9.17, 15) is 14.9 Å². The molecule has 0 aliphatic heterocycles. The molecular weight excluding hydrogens is 296 g/mol. The molecule has 7 nitrogen and oxygen atoms in total. The molecule has 0 aliphatic rings. The second-order valence-electron chi connectivity index (χ2n) is 5.15. The van der Waals surface area contributed by atoms with E-state index in [1.54, 1.807) is 12.1 Å². The minimum atomic E-state index is -0.475. The van der Waals surface area contributed by atoms with Crippen molar-refractivity contribution in [1.29, 1.82) is 0 Å². The lowest BCUT2D eigenvalue weighted by Crippen LogP contribution is -2.21. The number of amides is 1. The van der Waals surface area contributed by atoms with Crippen LogP contribution in [0.2, 0.25) is 0 Å². The lowest BCUT2D eigenvalue weighted by atomic mass is 10.2. The Labute approximate surface area is 134 Å². The smallest absolute Gasteiger partial charge is 0.271 e. The molecule has 2 aromatic rings. The number of rotatable bonds is 6. The number of nitro groups is 1. The van der Waals surface area contributed by atoms with Crippen molar-refractivity contribution in [2.45, 2.75) is 0 Å². The molecule has 2 rings (SSSR count). The van der Waals surface area contributed by atoms with Crippen molar-refractivity contribution in [2.75, 3.05) is 36.2 Å². The van der Waals surface area contributed by atoms with Gasteiger partial charge >= 0.3 is 0 Å². The van der Waals surface area contributed by atoms with E-state index < -0.39 is 4.92 Å². The predicted octanol–water partition coefficient (Wildman–Crippen LogP) is 2.71. The van der Waals surface area contributed by atoms with Gasteiger partial charge in [-0.2, -0.15) is 0 Å². The van der Waals surface area contributed by atoms with Crippen molar-refractivity contribution in [1.82, 2.24) is 0 Å². The van der Waals surface area contributed by atoms with Crippen LogP contribution in [0.25, 0.3) is 0 Å². The summed E-state index contributed by atoms with van der Waals surface area (Å²) in [7, 11) is 3.88. The van der Waals surface area contributed by atoms with Crippen LogP contribution in [-0.4, -0.2) is 31.5 Å². The molecule has 7 heteroatoms. The number of hydrogen-bond acceptors (Lipinski definition) is 5. The van der Waals surface area contributed by atoms with Gasteiger partial charge in [0.2, 0.25) is 5.91 Å². The topological polar surface area (TPSA) is 87.5 Å². The van der Waals surface area contributed by atoms with Gasteiger partial charge in [-0.1, -0.05) is 6.07 Å². The zero-order chi connectivity index (χ0) is 16.8. The van der Waals surface area contributed by atoms with Crippen LogP contribution in [0.4, 0.5) is 22.7 Å². The quantitative estimate of drug-likeness (QED) is 0.632. The summed E-state index contributed by atoms with van der Waals surface area (Å²) < 4.78 is 0. The van der Waals surface area contributed by atoms with Crippen molar-refractivity contribution in [3.05, 3.63) is 58.6 Å². The van der Waals surface area contributed by atoms with Crippen LogP contribution in [0.3, 0.4) is 0 Å². The second-order valence-corrected chi connectivity index (χ2v) is 5.15. The fraction of sp³-hybridized carbons (Fsp3) is 0.188. The van der Waals surface area contributed by atoms with Gasteiger partial charge in [0.25, 0.3) is 5.69 Å². The molecule has 120 valence electrons. The molecule has 1 amide bonds. The average Bonchev–Trinajstić information content (AvgIpc) is 2.53. The maximum Gasteiger partial charge on any atom is 0.271 e. The van der Waals surface area contributed by atoms with Gasteiger partial charge in [-0.15, -0.1) is 0 Å². The maximum atomic E-state index is 11.9. The van der Waals surface area contributed by atoms with Gasteiger partial charge in [0.15, 0.2) is 0 Å². The Hall–Kier alpha value is -3.09. The van der Waals surface area contributed by atoms with Crippen molar-refractivity contribution in [2.24, 2.45) is 0 Å². The standard InChI is InChI=1S/C16H18N4O3/c1-19(2)14-8-6-12(7-9-14)18-16(21)11-17-13-4-3-5-15(10-13)20(22)23/h3-10,17H,11H2,1-2H3,(H,18,21). The summed E-state index contributed by atoms with van der Waals surface area (Å²) in [5, 5.41) is 16.3. The summed E-state index contributed by atoms with van der Waals surface area (Å²) in [6, 6.07) is 13.5. The first-order chi connectivity index (χ1) is 11.0. The summed E-state index contributed by atoms with van der Waals surface area (Å²) in [4.78, 5) is 24.1. The predicted molar refractivity (Wildman–Crippen MR) is 91.0 cm³/mol. The third kappa shape index (κ3) is 4.70. The zero-order valence-electron chi connectivity index (χ0n) is 12.9. The van der Waals surface area contributed by atoms with E-state index in [1.165, 1.54) is 12.1 Å². The SMILES string of the molecule is CN(C)c1ccc(NC(=O)CNc2cccc([N+](=O)[O-])c2)cc1. The molecule has 0 radical (unpaired) electrons. The van der Waals surface area contributed by atoms with Crippen molar-refractivity contribution >= 4 is 28.7 Å². The highest BCUT2D eigenvalue weighted by atomic mass is 16.6. The van der Waals surface area contributed by atoms with E-state index in [-0.39, 0.29) is 18.1 Å². The molecule has 0 saturated heterocycles. The number of nitro benzene ring substituents is 1. The number of carbonyl (C=O) groups excluding carboxylic acids is 1. The molecular formula is C16H18N4O3. The Bertz CT molecular complexity index is 699. The molecule has 2 N–H and O–H groups in total. The van der Waals surface area contributed by atoms with Crippen LogP contribution in [0.15, 0.2) is 48.5 Å². The Morgan fingerprint density at radius 3 is 2.43 bits per heavy atom. The Morgan fingerprint density at radius 2 is 1.83 bits per heavy atom. The monoisotopic (exact) mass is 314 g/mol. The number of nitrogens with zero attached hydrogens (tertiary/aromatic N) is 2. The number of hydrogen-bond donors (Lipinski definition) is 2. The van der Waals surface area contributed by atoms with E-state index in [1.807, 2.05) is 43.3 Å². The first kappa shape index (κ1) is 16.3. The van der Waals surface area contributed by atoms with E-state index >= 15 is 0 Å². The molecule has 0 unspecified atom stereocenters. The van der Waals surface area contributed by atoms with Crippen LogP contribution >= 0.6 is 0 Å². The average molecular weight is 314 g/mol. The molecule has 0 heterocycles. The molecule has 0 fully saturated rings. The molecule has 0 spiro atoms. The van der Waals surface area contributed by atoms with Crippen molar-refractivity contribution in [3.8, 4) is 0 Å². The summed E-state index contributed by atoms with van der Waals surface area (Å²) >= 11 is 0. The molecule has 0 aromatic heterocycles. The lowest BCUT2D eigenvalue weighted by Gasteiger charge is -2.13. The lowest BCUT2D eigenvalue weighted by molar-refractivity contribution is -0.384. The molecule has 0 atom stereocenters. The van der Waals surface area contributed by atoms with Crippen LogP contribution in [0.1, 0.15) is 0 Å². The highest BCUT2D eigenvalue weighted by molar-refractivity contribution is 5.93. The third-order valence-corrected chi connectivity index (χ3v) is 3.18. The number of benzene rings is 2. The first-order valence-electron chi connectivity index (χ1n) is 7.01. The maximum absolute atomic E-state index is 11.9. The van der Waals surface area contributed by atoms with E-state index in [0.29, 0.717) is 11.4 Å². The third-order valence-electron chi connectivity index (χ3n) is 3.18. The Balaban J connectivity index is 1.90. The van der Waals surface area contributed by atoms with Crippen LogP contribution in [-0.2, 0) is 4.79 Å². The first-order valence-corrected chi connectivity index (χ1v) is 7.01. The summed E-state index contributed by atoms with van der Waals surface area (Å²) in [6.45, 7) is 0.0244. The van der Waals surface area contributed by atoms with E-state index in [0.717, 1.165) is 5.69 Å². The van der Waals surface area contributed by atoms with Crippen molar-refractivity contribution < 1.29 is 9.72 Å². The number of anilines is 3. The summed E-state index contributed by atoms with van der Waals surface area (Å²) in [5.74, 6) is -0.228. The van der Waals surface area contributed by atoms with Crippen LogP contribution in [0, 0.1) is 10.1 Å². The second kappa shape index (κ2) is 7.26. The fourth-order valence-electron chi connectivity index (χ4n) is 1.96. The zero-order valence-corrected chi connectivity index (χ0v) is 12.9. The molecule has 0 saturated carbocycles. The normalized spacial score (nSPS) is 10.0. The highest BCUT2D eigenvalue weighted by Gasteiger charge is 2.07. The number of carbonyl (C=O) groups is 1. The van der Waals surface area contributed by atoms with E-state index in [4.69, 9.17) is 0 Å².